The summed E-state index contributed by atoms with van der Waals surface area (Å²) >= 11 is 0. The van der Waals surface area contributed by atoms with Crippen molar-refractivity contribution in [1.82, 2.24) is 9.78 Å². The Kier molecular flexibility index (Phi) is 3.85. The predicted octanol–water partition coefficient (Wildman–Crippen LogP) is 2.30. The lowest BCUT2D eigenvalue weighted by Crippen LogP contribution is -2.07. The SMILES string of the molecule is CC(=O)Nc1ccc(NCc2cc(C)nn2C)cc1. The van der Waals surface area contributed by atoms with Gasteiger partial charge in [-0.05, 0) is 37.3 Å². The first kappa shape index (κ1) is 13.1. The molecule has 1 aromatic carbocycles. The fourth-order valence-corrected chi connectivity index (χ4v) is 1.90. The highest BCUT2D eigenvalue weighted by atomic mass is 16.1. The molecule has 0 unspecified atom stereocenters. The summed E-state index contributed by atoms with van der Waals surface area (Å²) in [5.74, 6) is -0.0638. The number of nitrogens with zero attached hydrogens (tertiary/aromatic N) is 2. The van der Waals surface area contributed by atoms with Gasteiger partial charge in [-0.2, -0.15) is 5.10 Å². The summed E-state index contributed by atoms with van der Waals surface area (Å²) in [6, 6.07) is 9.68. The second-order valence-corrected chi connectivity index (χ2v) is 4.51. The number of nitrogens with one attached hydrogen (secondary N) is 2. The van der Waals surface area contributed by atoms with Crippen LogP contribution in [0.2, 0.25) is 0 Å². The van der Waals surface area contributed by atoms with Gasteiger partial charge in [-0.1, -0.05) is 0 Å². The van der Waals surface area contributed by atoms with Crippen LogP contribution >= 0.6 is 0 Å². The van der Waals surface area contributed by atoms with Crippen molar-refractivity contribution in [3.63, 3.8) is 0 Å². The van der Waals surface area contributed by atoms with E-state index in [1.807, 2.05) is 42.9 Å². The number of amides is 1. The van der Waals surface area contributed by atoms with Gasteiger partial charge in [0, 0.05) is 25.3 Å². The lowest BCUT2D eigenvalue weighted by atomic mass is 10.2. The predicted molar refractivity (Wildman–Crippen MR) is 76.0 cm³/mol. The van der Waals surface area contributed by atoms with E-state index in [2.05, 4.69) is 21.8 Å². The molecule has 0 saturated heterocycles. The first-order chi connectivity index (χ1) is 9.04. The third-order valence-corrected chi connectivity index (χ3v) is 2.78. The van der Waals surface area contributed by atoms with Crippen LogP contribution in [0.3, 0.4) is 0 Å². The molecule has 1 amide bonds. The largest absolute Gasteiger partial charge is 0.379 e. The van der Waals surface area contributed by atoms with Crippen LogP contribution in [-0.2, 0) is 18.4 Å². The van der Waals surface area contributed by atoms with Crippen LogP contribution in [0.1, 0.15) is 18.3 Å². The molecule has 5 nitrogen and oxygen atoms in total. The lowest BCUT2D eigenvalue weighted by Gasteiger charge is -2.08. The van der Waals surface area contributed by atoms with E-state index in [1.165, 1.54) is 6.92 Å². The zero-order valence-corrected chi connectivity index (χ0v) is 11.4. The molecule has 100 valence electrons. The van der Waals surface area contributed by atoms with E-state index in [0.717, 1.165) is 29.3 Å². The molecule has 0 aliphatic rings. The zero-order chi connectivity index (χ0) is 13.8. The van der Waals surface area contributed by atoms with Crippen molar-refractivity contribution in [3.8, 4) is 0 Å². The quantitative estimate of drug-likeness (QED) is 0.884. The number of hydrogen-bond acceptors (Lipinski definition) is 3. The number of anilines is 2. The molecule has 0 fully saturated rings. The summed E-state index contributed by atoms with van der Waals surface area (Å²) in [5.41, 5.74) is 3.95. The van der Waals surface area contributed by atoms with Gasteiger partial charge in [0.1, 0.15) is 0 Å². The summed E-state index contributed by atoms with van der Waals surface area (Å²) in [5, 5.41) is 10.4. The Bertz CT molecular complexity index is 572. The number of carbonyl (C=O) groups is 1. The van der Waals surface area contributed by atoms with Gasteiger partial charge in [-0.15, -0.1) is 0 Å². The van der Waals surface area contributed by atoms with Crippen LogP contribution in [-0.4, -0.2) is 15.7 Å². The van der Waals surface area contributed by atoms with Gasteiger partial charge >= 0.3 is 0 Å². The van der Waals surface area contributed by atoms with E-state index in [0.29, 0.717) is 0 Å². The van der Waals surface area contributed by atoms with Crippen molar-refractivity contribution < 1.29 is 4.79 Å². The number of aryl methyl sites for hydroxylation is 2. The summed E-state index contributed by atoms with van der Waals surface area (Å²) in [4.78, 5) is 10.9. The molecule has 5 heteroatoms. The van der Waals surface area contributed by atoms with Gasteiger partial charge in [-0.3, -0.25) is 9.48 Å². The Morgan fingerprint density at radius 1 is 1.26 bits per heavy atom. The normalized spacial score (nSPS) is 10.3. The van der Waals surface area contributed by atoms with Crippen molar-refractivity contribution in [3.05, 3.63) is 41.7 Å². The maximum Gasteiger partial charge on any atom is 0.221 e. The minimum atomic E-state index is -0.0638. The Balaban J connectivity index is 1.96. The number of aromatic nitrogens is 2. The number of benzene rings is 1. The van der Waals surface area contributed by atoms with Gasteiger partial charge in [0.15, 0.2) is 0 Å². The molecule has 2 aromatic rings. The van der Waals surface area contributed by atoms with Gasteiger partial charge in [-0.25, -0.2) is 0 Å². The van der Waals surface area contributed by atoms with Crippen molar-refractivity contribution in [2.24, 2.45) is 7.05 Å². The van der Waals surface area contributed by atoms with Crippen LogP contribution in [0.25, 0.3) is 0 Å². The van der Waals surface area contributed by atoms with Gasteiger partial charge < -0.3 is 10.6 Å². The summed E-state index contributed by atoms with van der Waals surface area (Å²) < 4.78 is 1.87. The molecule has 0 radical (unpaired) electrons. The maximum absolute atomic E-state index is 10.9. The minimum absolute atomic E-state index is 0.0638. The molecule has 1 aromatic heterocycles. The average molecular weight is 258 g/mol. The van der Waals surface area contributed by atoms with E-state index >= 15 is 0 Å². The Labute approximate surface area is 112 Å². The standard InChI is InChI=1S/C14H18N4O/c1-10-8-14(18(3)17-10)9-15-12-4-6-13(7-5-12)16-11(2)19/h4-8,15H,9H2,1-3H3,(H,16,19). The van der Waals surface area contributed by atoms with Crippen molar-refractivity contribution in [2.45, 2.75) is 20.4 Å². The molecule has 0 saturated carbocycles. The molecule has 0 bridgehead atoms. The summed E-state index contributed by atoms with van der Waals surface area (Å²) in [6.07, 6.45) is 0. The molecule has 0 atom stereocenters. The van der Waals surface area contributed by atoms with Crippen molar-refractivity contribution in [2.75, 3.05) is 10.6 Å². The second kappa shape index (κ2) is 5.56. The first-order valence-electron chi connectivity index (χ1n) is 6.15. The van der Waals surface area contributed by atoms with E-state index < -0.39 is 0 Å². The number of hydrogen-bond donors (Lipinski definition) is 2. The van der Waals surface area contributed by atoms with Crippen LogP contribution in [0.15, 0.2) is 30.3 Å². The molecule has 2 N–H and O–H groups in total. The van der Waals surface area contributed by atoms with Gasteiger partial charge in [0.2, 0.25) is 5.91 Å². The Morgan fingerprint density at radius 2 is 1.89 bits per heavy atom. The molecule has 0 aliphatic heterocycles. The molecular formula is C14H18N4O. The summed E-state index contributed by atoms with van der Waals surface area (Å²) in [6.45, 7) is 4.19. The maximum atomic E-state index is 10.9. The fraction of sp³-hybridized carbons (Fsp3) is 0.286. The van der Waals surface area contributed by atoms with Gasteiger partial charge in [0.25, 0.3) is 0 Å². The highest BCUT2D eigenvalue weighted by molar-refractivity contribution is 5.88. The van der Waals surface area contributed by atoms with Crippen LogP contribution in [0.5, 0.6) is 0 Å². The Morgan fingerprint density at radius 3 is 2.42 bits per heavy atom. The monoisotopic (exact) mass is 258 g/mol. The number of carbonyl (C=O) groups excluding carboxylic acids is 1. The first-order valence-corrected chi connectivity index (χ1v) is 6.15. The minimum Gasteiger partial charge on any atom is -0.379 e. The van der Waals surface area contributed by atoms with Crippen LogP contribution in [0.4, 0.5) is 11.4 Å². The smallest absolute Gasteiger partial charge is 0.221 e. The highest BCUT2D eigenvalue weighted by Gasteiger charge is 2.02. The third kappa shape index (κ3) is 3.58. The third-order valence-electron chi connectivity index (χ3n) is 2.78. The second-order valence-electron chi connectivity index (χ2n) is 4.51. The fourth-order valence-electron chi connectivity index (χ4n) is 1.90. The highest BCUT2D eigenvalue weighted by Crippen LogP contribution is 2.14. The van der Waals surface area contributed by atoms with Crippen LogP contribution < -0.4 is 10.6 Å². The van der Waals surface area contributed by atoms with Gasteiger partial charge in [0.05, 0.1) is 17.9 Å². The molecule has 0 spiro atoms. The van der Waals surface area contributed by atoms with Crippen LogP contribution in [0, 0.1) is 6.92 Å². The lowest BCUT2D eigenvalue weighted by molar-refractivity contribution is -0.114. The number of rotatable bonds is 4. The van der Waals surface area contributed by atoms with E-state index in [1.54, 1.807) is 0 Å². The van der Waals surface area contributed by atoms with Crippen molar-refractivity contribution in [1.29, 1.82) is 0 Å². The zero-order valence-electron chi connectivity index (χ0n) is 11.4. The molecule has 19 heavy (non-hydrogen) atoms. The summed E-state index contributed by atoms with van der Waals surface area (Å²) in [7, 11) is 1.93. The Hall–Kier alpha value is -2.30. The molecular weight excluding hydrogens is 240 g/mol. The van der Waals surface area contributed by atoms with E-state index in [4.69, 9.17) is 0 Å². The topological polar surface area (TPSA) is 59.0 Å². The molecule has 0 aliphatic carbocycles. The molecule has 2 rings (SSSR count). The molecule has 1 heterocycles. The van der Waals surface area contributed by atoms with E-state index in [-0.39, 0.29) is 5.91 Å². The average Bonchev–Trinajstić information content (AvgIpc) is 2.66. The van der Waals surface area contributed by atoms with Crippen molar-refractivity contribution >= 4 is 17.3 Å². The van der Waals surface area contributed by atoms with E-state index in [9.17, 15) is 4.79 Å².